The summed E-state index contributed by atoms with van der Waals surface area (Å²) in [5.41, 5.74) is 4.60. The molecule has 0 spiro atoms. The number of hydrogen-bond donors (Lipinski definition) is 1. The smallest absolute Gasteiger partial charge is 0.329 e. The number of benzene rings is 2. The summed E-state index contributed by atoms with van der Waals surface area (Å²) in [6.07, 6.45) is 8.33. The zero-order valence-electron chi connectivity index (χ0n) is 31.1. The highest BCUT2D eigenvalue weighted by Gasteiger charge is 2.43. The molecule has 2 aromatic rings. The first-order valence-electron chi connectivity index (χ1n) is 19.5. The maximum atomic E-state index is 14.5. The highest BCUT2D eigenvalue weighted by Crippen LogP contribution is 2.37. The van der Waals surface area contributed by atoms with Gasteiger partial charge in [-0.05, 0) is 111 Å². The van der Waals surface area contributed by atoms with Gasteiger partial charge in [0, 0.05) is 26.2 Å². The van der Waals surface area contributed by atoms with Crippen LogP contribution >= 0.6 is 0 Å². The van der Waals surface area contributed by atoms with E-state index in [4.69, 9.17) is 14.2 Å². The number of nitrogens with zero attached hydrogens (tertiary/aromatic N) is 2. The summed E-state index contributed by atoms with van der Waals surface area (Å²) in [6, 6.07) is 13.8. The van der Waals surface area contributed by atoms with E-state index in [2.05, 4.69) is 50.8 Å². The minimum absolute atomic E-state index is 0.0611. The van der Waals surface area contributed by atoms with Gasteiger partial charge < -0.3 is 24.2 Å². The fourth-order valence-corrected chi connectivity index (χ4v) is 8.13. The quantitative estimate of drug-likeness (QED) is 0.198. The Hall–Kier alpha value is -2.94. The van der Waals surface area contributed by atoms with Crippen molar-refractivity contribution in [2.24, 2.45) is 17.8 Å². The largest absolute Gasteiger partial charge is 0.492 e. The van der Waals surface area contributed by atoms with Crippen molar-refractivity contribution >= 4 is 11.9 Å². The average Bonchev–Trinajstić information content (AvgIpc) is 3.12. The molecule has 1 unspecified atom stereocenters. The fourth-order valence-electron chi connectivity index (χ4n) is 8.13. The number of ether oxygens (including phenoxy) is 3. The number of rotatable bonds is 15. The van der Waals surface area contributed by atoms with Crippen LogP contribution in [0.25, 0.3) is 0 Å². The van der Waals surface area contributed by atoms with Crippen LogP contribution in [0.15, 0.2) is 42.5 Å². The third-order valence-electron chi connectivity index (χ3n) is 11.2. The average molecular weight is 691 g/mol. The van der Waals surface area contributed by atoms with Crippen molar-refractivity contribution in [3.05, 3.63) is 64.7 Å². The van der Waals surface area contributed by atoms with E-state index in [0.717, 1.165) is 89.1 Å². The predicted octanol–water partition coefficient (Wildman–Crippen LogP) is 7.22. The molecule has 0 aromatic heterocycles. The van der Waals surface area contributed by atoms with E-state index in [1.54, 1.807) is 4.90 Å². The monoisotopic (exact) mass is 690 g/mol. The zero-order valence-corrected chi connectivity index (χ0v) is 31.1. The lowest BCUT2D eigenvalue weighted by Crippen LogP contribution is -2.54. The summed E-state index contributed by atoms with van der Waals surface area (Å²) >= 11 is 0. The Morgan fingerprint density at radius 2 is 1.68 bits per heavy atom. The minimum Gasteiger partial charge on any atom is -0.492 e. The molecule has 0 bridgehead atoms. The molecular weight excluding hydrogens is 628 g/mol. The van der Waals surface area contributed by atoms with Crippen molar-refractivity contribution in [2.45, 2.75) is 117 Å². The van der Waals surface area contributed by atoms with Crippen molar-refractivity contribution in [1.82, 2.24) is 9.80 Å². The molecule has 276 valence electrons. The van der Waals surface area contributed by atoms with Crippen LogP contribution in [0.1, 0.15) is 106 Å². The van der Waals surface area contributed by atoms with Gasteiger partial charge in [0.15, 0.2) is 0 Å². The Balaban J connectivity index is 1.33. The number of morpholine rings is 1. The summed E-state index contributed by atoms with van der Waals surface area (Å²) in [4.78, 5) is 32.8. The van der Waals surface area contributed by atoms with Crippen LogP contribution in [0.2, 0.25) is 0 Å². The van der Waals surface area contributed by atoms with Gasteiger partial charge in [0.25, 0.3) is 0 Å². The lowest BCUT2D eigenvalue weighted by atomic mass is 9.75. The van der Waals surface area contributed by atoms with Gasteiger partial charge in [-0.25, -0.2) is 4.79 Å². The molecule has 8 nitrogen and oxygen atoms in total. The first kappa shape index (κ1) is 38.3. The Morgan fingerprint density at radius 3 is 2.42 bits per heavy atom. The van der Waals surface area contributed by atoms with Crippen molar-refractivity contribution < 1.29 is 28.9 Å². The number of carbonyl (C=O) groups is 2. The normalized spacial score (nSPS) is 21.1. The molecule has 5 rings (SSSR count). The number of hydrogen-bond acceptors (Lipinski definition) is 7. The summed E-state index contributed by atoms with van der Waals surface area (Å²) in [7, 11) is 0. The Morgan fingerprint density at radius 1 is 0.920 bits per heavy atom. The van der Waals surface area contributed by atoms with Crippen LogP contribution in [-0.4, -0.2) is 84.9 Å². The van der Waals surface area contributed by atoms with Crippen LogP contribution < -0.4 is 4.74 Å². The second-order valence-corrected chi connectivity index (χ2v) is 15.4. The van der Waals surface area contributed by atoms with Crippen LogP contribution in [0.3, 0.4) is 0 Å². The highest BCUT2D eigenvalue weighted by atomic mass is 16.5. The fraction of sp³-hybridized carbons (Fsp3) is 0.667. The second-order valence-electron chi connectivity index (χ2n) is 15.4. The Bertz CT molecular complexity index is 1370. The van der Waals surface area contributed by atoms with E-state index in [1.807, 2.05) is 24.3 Å². The standard InChI is InChI=1S/C42H62N2O6/c1-30(2)27-38(45)40(34-11-6-5-7-12-34)41(46)44-20-9-8-15-37(44)42(47)50-39(19-18-33-17-16-31(3)32(4)28-33)35-13-10-14-36(29-35)49-26-23-43-21-24-48-25-22-43/h10,13-14,16-17,28-30,34,37-40,45H,5-9,11-12,15,18-27H2,1-4H3/t37-,38+,39?,40-/m0/s1. The van der Waals surface area contributed by atoms with Crippen LogP contribution in [-0.2, 0) is 25.5 Å². The third kappa shape index (κ3) is 10.8. The lowest BCUT2D eigenvalue weighted by molar-refractivity contribution is -0.165. The van der Waals surface area contributed by atoms with E-state index >= 15 is 0 Å². The Labute approximate surface area is 300 Å². The Kier molecular flexibility index (Phi) is 14.6. The molecule has 2 heterocycles. The summed E-state index contributed by atoms with van der Waals surface area (Å²) < 4.78 is 18.1. The summed E-state index contributed by atoms with van der Waals surface area (Å²) in [6.45, 7) is 13.7. The van der Waals surface area contributed by atoms with Crippen LogP contribution in [0, 0.1) is 31.6 Å². The van der Waals surface area contributed by atoms with E-state index in [0.29, 0.717) is 32.4 Å². The van der Waals surface area contributed by atoms with Gasteiger partial charge in [0.1, 0.15) is 24.5 Å². The molecule has 2 aromatic carbocycles. The molecule has 3 fully saturated rings. The third-order valence-corrected chi connectivity index (χ3v) is 11.2. The molecule has 1 aliphatic carbocycles. The van der Waals surface area contributed by atoms with Crippen molar-refractivity contribution in [2.75, 3.05) is 46.0 Å². The summed E-state index contributed by atoms with van der Waals surface area (Å²) in [5, 5.41) is 11.4. The number of aryl methyl sites for hydroxylation is 3. The zero-order chi connectivity index (χ0) is 35.5. The maximum absolute atomic E-state index is 14.5. The molecule has 2 aliphatic heterocycles. The molecule has 3 aliphatic rings. The lowest BCUT2D eigenvalue weighted by Gasteiger charge is -2.41. The molecule has 50 heavy (non-hydrogen) atoms. The number of aliphatic hydroxyl groups is 1. The summed E-state index contributed by atoms with van der Waals surface area (Å²) in [5.74, 6) is 0.310. The highest BCUT2D eigenvalue weighted by molar-refractivity contribution is 5.86. The number of piperidine rings is 1. The number of aliphatic hydroxyl groups excluding tert-OH is 1. The minimum atomic E-state index is -0.708. The number of esters is 1. The first-order valence-corrected chi connectivity index (χ1v) is 19.5. The van der Waals surface area contributed by atoms with E-state index < -0.39 is 24.2 Å². The van der Waals surface area contributed by atoms with Crippen LogP contribution in [0.4, 0.5) is 0 Å². The second kappa shape index (κ2) is 19.1. The van der Waals surface area contributed by atoms with Gasteiger partial charge in [-0.2, -0.15) is 0 Å². The molecular formula is C42H62N2O6. The molecule has 8 heteroatoms. The maximum Gasteiger partial charge on any atom is 0.329 e. The van der Waals surface area contributed by atoms with Gasteiger partial charge in [0.2, 0.25) is 5.91 Å². The van der Waals surface area contributed by atoms with Gasteiger partial charge in [0.05, 0.1) is 25.2 Å². The first-order chi connectivity index (χ1) is 24.2. The van der Waals surface area contributed by atoms with Gasteiger partial charge in [-0.15, -0.1) is 0 Å². The topological polar surface area (TPSA) is 88.5 Å². The molecule has 1 saturated carbocycles. The molecule has 1 N–H and O–H groups in total. The SMILES string of the molecule is Cc1ccc(CCC(OC(=O)[C@@H]2CCCCN2C(=O)[C@@H](C2CCCCC2)[C@H](O)CC(C)C)c2cccc(OCCN3CCOCC3)c2)cc1C. The van der Waals surface area contributed by atoms with E-state index in [1.165, 1.54) is 23.1 Å². The van der Waals surface area contributed by atoms with Gasteiger partial charge in [-0.1, -0.05) is 63.4 Å². The molecule has 2 saturated heterocycles. The van der Waals surface area contributed by atoms with Crippen molar-refractivity contribution in [3.63, 3.8) is 0 Å². The number of amides is 1. The predicted molar refractivity (Wildman–Crippen MR) is 197 cm³/mol. The number of carbonyl (C=O) groups excluding carboxylic acids is 2. The van der Waals surface area contributed by atoms with E-state index in [9.17, 15) is 14.7 Å². The van der Waals surface area contributed by atoms with Gasteiger partial charge >= 0.3 is 5.97 Å². The van der Waals surface area contributed by atoms with E-state index in [-0.39, 0.29) is 23.7 Å². The molecule has 0 radical (unpaired) electrons. The molecule has 4 atom stereocenters. The number of likely N-dealkylation sites (tertiary alicyclic amines) is 1. The van der Waals surface area contributed by atoms with Gasteiger partial charge in [-0.3, -0.25) is 9.69 Å². The van der Waals surface area contributed by atoms with Crippen LogP contribution in [0.5, 0.6) is 5.75 Å². The molecule has 1 amide bonds. The van der Waals surface area contributed by atoms with Crippen molar-refractivity contribution in [3.8, 4) is 5.75 Å². The van der Waals surface area contributed by atoms with Crippen molar-refractivity contribution in [1.29, 1.82) is 0 Å².